The Morgan fingerprint density at radius 3 is 1.86 bits per heavy atom. The molecule has 0 saturated carbocycles. The van der Waals surface area contributed by atoms with E-state index in [1.165, 1.54) is 58.1 Å². The third-order valence-corrected chi connectivity index (χ3v) is 13.2. The zero-order valence-corrected chi connectivity index (χ0v) is 32.4. The van der Waals surface area contributed by atoms with Crippen molar-refractivity contribution >= 4 is 96.8 Å². The molecule has 0 fully saturated rings. The van der Waals surface area contributed by atoms with Gasteiger partial charge in [-0.15, -0.1) is 11.3 Å². The van der Waals surface area contributed by atoms with E-state index in [0.717, 1.165) is 61.0 Å². The summed E-state index contributed by atoms with van der Waals surface area (Å²) in [6, 6.07) is 57.8. The second kappa shape index (κ2) is 12.4. The third kappa shape index (κ3) is 4.87. The summed E-state index contributed by atoms with van der Waals surface area (Å²) in [5, 5.41) is 11.9. The number of benzene rings is 7. The molecule has 0 amide bonds. The van der Waals surface area contributed by atoms with Crippen molar-refractivity contribution in [2.45, 2.75) is 0 Å². The molecule has 6 aromatic heterocycles. The van der Waals surface area contributed by atoms with E-state index in [0.29, 0.717) is 0 Å². The first-order chi connectivity index (χ1) is 29.2. The smallest absolute Gasteiger partial charge is 0.145 e. The topological polar surface area (TPSA) is 48.5 Å². The van der Waals surface area contributed by atoms with Gasteiger partial charge in [-0.05, 0) is 124 Å². The number of pyridine rings is 3. The maximum absolute atomic E-state index is 4.92. The van der Waals surface area contributed by atoms with Crippen molar-refractivity contribution in [2.75, 3.05) is 0 Å². The number of rotatable bonds is 4. The van der Waals surface area contributed by atoms with Crippen LogP contribution in [0.2, 0.25) is 0 Å². The van der Waals surface area contributed by atoms with Gasteiger partial charge in [-0.2, -0.15) is 0 Å². The molecule has 0 saturated heterocycles. The Hall–Kier alpha value is -7.67. The summed E-state index contributed by atoms with van der Waals surface area (Å²) >= 11 is 1.86. The van der Waals surface area contributed by atoms with Crippen LogP contribution in [-0.2, 0) is 0 Å². The van der Waals surface area contributed by atoms with Crippen molar-refractivity contribution in [1.29, 1.82) is 0 Å². The third-order valence-electron chi connectivity index (χ3n) is 12.1. The minimum atomic E-state index is 0.967. The fourth-order valence-corrected chi connectivity index (χ4v) is 10.5. The number of hydrogen-bond acceptors (Lipinski definition) is 4. The van der Waals surface area contributed by atoms with Crippen LogP contribution in [-0.4, -0.2) is 24.1 Å². The molecule has 7 aromatic carbocycles. The fourth-order valence-electron chi connectivity index (χ4n) is 9.36. The minimum Gasteiger partial charge on any atom is -0.309 e. The molecule has 6 heterocycles. The zero-order valence-electron chi connectivity index (χ0n) is 31.5. The van der Waals surface area contributed by atoms with E-state index < -0.39 is 0 Å². The quantitative estimate of drug-likeness (QED) is 0.179. The minimum absolute atomic E-state index is 0.967. The van der Waals surface area contributed by atoms with E-state index in [4.69, 9.17) is 4.98 Å². The van der Waals surface area contributed by atoms with E-state index in [1.807, 2.05) is 48.4 Å². The summed E-state index contributed by atoms with van der Waals surface area (Å²) in [7, 11) is 0. The van der Waals surface area contributed by atoms with Crippen molar-refractivity contribution in [3.8, 4) is 33.6 Å². The van der Waals surface area contributed by atoms with Crippen LogP contribution in [0.4, 0.5) is 0 Å². The van der Waals surface area contributed by atoms with Crippen LogP contribution < -0.4 is 0 Å². The first-order valence-electron chi connectivity index (χ1n) is 19.8. The van der Waals surface area contributed by atoms with Gasteiger partial charge in [-0.3, -0.25) is 14.5 Å². The molecule has 0 radical (unpaired) electrons. The second-order valence-corrected chi connectivity index (χ2v) is 16.4. The molecule has 0 N–H and O–H groups in total. The van der Waals surface area contributed by atoms with E-state index >= 15 is 0 Å². The Balaban J connectivity index is 1.14. The van der Waals surface area contributed by atoms with Crippen LogP contribution in [0.25, 0.3) is 119 Å². The SMILES string of the molecule is c1ccc(-n2c3cc4sc5ccc6c7ccccc7n(-c7cc(-c8ccc9cnccc9c8)cc(-c8ccc9cnccc9c8)c7)c6c5c4cc3c3cccnc32)cc1. The molecule has 6 heteroatoms. The highest BCUT2D eigenvalue weighted by atomic mass is 32.1. The van der Waals surface area contributed by atoms with Crippen LogP contribution in [0.5, 0.6) is 0 Å². The lowest BCUT2D eigenvalue weighted by atomic mass is 9.95. The molecule has 0 spiro atoms. The van der Waals surface area contributed by atoms with Crippen LogP contribution in [0.1, 0.15) is 0 Å². The van der Waals surface area contributed by atoms with Crippen molar-refractivity contribution in [3.63, 3.8) is 0 Å². The highest BCUT2D eigenvalue weighted by Gasteiger charge is 2.22. The molecule has 0 bridgehead atoms. The largest absolute Gasteiger partial charge is 0.309 e. The van der Waals surface area contributed by atoms with Crippen molar-refractivity contribution in [2.24, 2.45) is 0 Å². The van der Waals surface area contributed by atoms with E-state index in [9.17, 15) is 0 Å². The molecule has 59 heavy (non-hydrogen) atoms. The first-order valence-corrected chi connectivity index (χ1v) is 20.6. The average molecular weight is 770 g/mol. The van der Waals surface area contributed by atoms with Gasteiger partial charge in [0, 0.05) is 94.8 Å². The van der Waals surface area contributed by atoms with Crippen molar-refractivity contribution in [3.05, 3.63) is 189 Å². The average Bonchev–Trinajstić information content (AvgIpc) is 3.95. The molecule has 0 aliphatic heterocycles. The van der Waals surface area contributed by atoms with Gasteiger partial charge in [-0.1, -0.05) is 66.7 Å². The molecular weight excluding hydrogens is 739 g/mol. The number of nitrogens with zero attached hydrogens (tertiary/aromatic N) is 5. The zero-order chi connectivity index (χ0) is 38.6. The summed E-state index contributed by atoms with van der Waals surface area (Å²) in [6.45, 7) is 0. The molecule has 13 rings (SSSR count). The van der Waals surface area contributed by atoms with Crippen molar-refractivity contribution < 1.29 is 0 Å². The van der Waals surface area contributed by atoms with Crippen LogP contribution in [0.3, 0.4) is 0 Å². The summed E-state index contributed by atoms with van der Waals surface area (Å²) in [6.07, 6.45) is 9.51. The predicted molar refractivity (Wildman–Crippen MR) is 247 cm³/mol. The maximum Gasteiger partial charge on any atom is 0.145 e. The predicted octanol–water partition coefficient (Wildman–Crippen LogP) is 14.1. The standard InChI is InChI=1S/C53H31N5S/c1-2-7-40(8-3-1)58-48-29-50-46(28-45(48)44-10-6-20-56-53(44)58)51-49(59-50)17-16-43-42-9-4-5-11-47(42)57(52(43)51)41-26-38(32-12-14-36-30-54-21-18-34(36)23-32)25-39(27-41)33-13-15-37-31-55-22-19-35(37)24-33/h1-31H. The van der Waals surface area contributed by atoms with Gasteiger partial charge < -0.3 is 4.57 Å². The van der Waals surface area contributed by atoms with Gasteiger partial charge in [0.25, 0.3) is 0 Å². The molecule has 13 aromatic rings. The lowest BCUT2D eigenvalue weighted by Crippen LogP contribution is -1.96. The molecule has 0 aliphatic carbocycles. The Morgan fingerprint density at radius 1 is 0.390 bits per heavy atom. The first kappa shape index (κ1) is 32.4. The summed E-state index contributed by atoms with van der Waals surface area (Å²) in [5.41, 5.74) is 11.4. The monoisotopic (exact) mass is 769 g/mol. The van der Waals surface area contributed by atoms with Crippen LogP contribution in [0.15, 0.2) is 189 Å². The van der Waals surface area contributed by atoms with Gasteiger partial charge in [0.1, 0.15) is 5.65 Å². The number of para-hydroxylation sites is 2. The van der Waals surface area contributed by atoms with Gasteiger partial charge in [-0.25, -0.2) is 4.98 Å². The Morgan fingerprint density at radius 2 is 1.10 bits per heavy atom. The fraction of sp³-hybridized carbons (Fsp3) is 0. The van der Waals surface area contributed by atoms with E-state index in [1.54, 1.807) is 0 Å². The molecule has 274 valence electrons. The van der Waals surface area contributed by atoms with Crippen LogP contribution >= 0.6 is 11.3 Å². The Bertz CT molecular complexity index is 3760. The molecule has 0 aliphatic rings. The second-order valence-electron chi connectivity index (χ2n) is 15.3. The van der Waals surface area contributed by atoms with Gasteiger partial charge in [0.05, 0.1) is 16.6 Å². The summed E-state index contributed by atoms with van der Waals surface area (Å²) in [5.74, 6) is 0. The molecule has 0 atom stereocenters. The Kier molecular flexibility index (Phi) is 6.82. The summed E-state index contributed by atoms with van der Waals surface area (Å²) < 4.78 is 7.34. The number of aromatic nitrogens is 5. The highest BCUT2D eigenvalue weighted by molar-refractivity contribution is 7.26. The molecule has 5 nitrogen and oxygen atoms in total. The van der Waals surface area contributed by atoms with Gasteiger partial charge >= 0.3 is 0 Å². The summed E-state index contributed by atoms with van der Waals surface area (Å²) in [4.78, 5) is 13.7. The van der Waals surface area contributed by atoms with Gasteiger partial charge in [0.2, 0.25) is 0 Å². The number of fused-ring (bicyclic) bond motifs is 12. The number of thiophene rings is 1. The van der Waals surface area contributed by atoms with Gasteiger partial charge in [0.15, 0.2) is 0 Å². The molecular formula is C53H31N5S. The number of hydrogen-bond donors (Lipinski definition) is 0. The van der Waals surface area contributed by atoms with E-state index in [2.05, 4.69) is 171 Å². The van der Waals surface area contributed by atoms with E-state index in [-0.39, 0.29) is 0 Å². The molecule has 0 unspecified atom stereocenters. The van der Waals surface area contributed by atoms with Crippen LogP contribution in [0, 0.1) is 0 Å². The lowest BCUT2D eigenvalue weighted by Gasteiger charge is -2.15. The normalized spacial score (nSPS) is 12.1. The Labute approximate surface area is 341 Å². The maximum atomic E-state index is 4.92. The highest BCUT2D eigenvalue weighted by Crippen LogP contribution is 2.46. The lowest BCUT2D eigenvalue weighted by molar-refractivity contribution is 1.14. The van der Waals surface area contributed by atoms with Crippen molar-refractivity contribution in [1.82, 2.24) is 24.1 Å².